The van der Waals surface area contributed by atoms with Gasteiger partial charge in [-0.05, 0) is 0 Å². The summed E-state index contributed by atoms with van der Waals surface area (Å²) in [5, 5.41) is 0. The standard InChI is InChI=1S/C29H21/c1-5-13-22(14-6-1)26-21-27(23-15-7-2-8-16-23)29(25-19-11-4-12-20-25)28(26)24-17-9-3-10-18-24/h1-21H/q-1. The summed E-state index contributed by atoms with van der Waals surface area (Å²) in [6, 6.07) is 45.2. The van der Waals surface area contributed by atoms with Gasteiger partial charge in [0.25, 0.3) is 0 Å². The lowest BCUT2D eigenvalue weighted by molar-refractivity contribution is 1.61. The Morgan fingerprint density at radius 2 is 0.862 bits per heavy atom. The fourth-order valence-corrected chi connectivity index (χ4v) is 4.06. The molecule has 0 aromatic heterocycles. The summed E-state index contributed by atoms with van der Waals surface area (Å²) in [7, 11) is 0. The smallest absolute Gasteiger partial charge is 0.0514 e. The van der Waals surface area contributed by atoms with E-state index in [-0.39, 0.29) is 0 Å². The van der Waals surface area contributed by atoms with Gasteiger partial charge in [0.1, 0.15) is 0 Å². The van der Waals surface area contributed by atoms with Crippen LogP contribution in [0.4, 0.5) is 0 Å². The highest BCUT2D eigenvalue weighted by Gasteiger charge is 2.15. The van der Waals surface area contributed by atoms with E-state index in [1.165, 1.54) is 44.5 Å². The zero-order valence-electron chi connectivity index (χ0n) is 16.1. The van der Waals surface area contributed by atoms with Gasteiger partial charge in [-0.3, -0.25) is 0 Å². The van der Waals surface area contributed by atoms with Crippen LogP contribution in [-0.4, -0.2) is 0 Å². The second-order valence-electron chi connectivity index (χ2n) is 7.19. The van der Waals surface area contributed by atoms with Gasteiger partial charge in [0.2, 0.25) is 0 Å². The molecule has 0 nitrogen and oxygen atoms in total. The lowest BCUT2D eigenvalue weighted by Gasteiger charge is -2.17. The average Bonchev–Trinajstić information content (AvgIpc) is 3.22. The van der Waals surface area contributed by atoms with Gasteiger partial charge in [-0.2, -0.15) is 0 Å². The Kier molecular flexibility index (Phi) is 4.60. The molecule has 0 bridgehead atoms. The zero-order chi connectivity index (χ0) is 19.5. The van der Waals surface area contributed by atoms with Crippen LogP contribution < -0.4 is 0 Å². The highest BCUT2D eigenvalue weighted by atomic mass is 14.2. The Balaban J connectivity index is 1.89. The van der Waals surface area contributed by atoms with Crippen molar-refractivity contribution in [3.8, 4) is 44.5 Å². The normalized spacial score (nSPS) is 10.8. The molecule has 5 aromatic rings. The Bertz CT molecular complexity index is 1100. The summed E-state index contributed by atoms with van der Waals surface area (Å²) in [4.78, 5) is 0. The van der Waals surface area contributed by atoms with Gasteiger partial charge < -0.3 is 0 Å². The first kappa shape index (κ1) is 17.3. The summed E-state index contributed by atoms with van der Waals surface area (Å²) < 4.78 is 0. The van der Waals surface area contributed by atoms with Crippen LogP contribution in [0.1, 0.15) is 0 Å². The maximum absolute atomic E-state index is 2.36. The molecule has 0 aliphatic heterocycles. The average molecular weight is 369 g/mol. The number of benzene rings is 4. The molecule has 0 heteroatoms. The van der Waals surface area contributed by atoms with Crippen LogP contribution in [-0.2, 0) is 0 Å². The van der Waals surface area contributed by atoms with E-state index < -0.39 is 0 Å². The maximum Gasteiger partial charge on any atom is -0.0514 e. The highest BCUT2D eigenvalue weighted by Crippen LogP contribution is 2.48. The van der Waals surface area contributed by atoms with Crippen LogP contribution >= 0.6 is 0 Å². The molecular formula is C29H21-. The molecule has 0 unspecified atom stereocenters. The molecule has 138 valence electrons. The molecule has 0 N–H and O–H groups in total. The quantitative estimate of drug-likeness (QED) is 0.281. The summed E-state index contributed by atoms with van der Waals surface area (Å²) in [6.07, 6.45) is 0. The molecule has 0 fully saturated rings. The molecule has 0 amide bonds. The van der Waals surface area contributed by atoms with Crippen LogP contribution in [0.2, 0.25) is 0 Å². The van der Waals surface area contributed by atoms with Crippen LogP contribution in [0.15, 0.2) is 127 Å². The molecule has 5 aromatic carbocycles. The third-order valence-corrected chi connectivity index (χ3v) is 5.37. The minimum atomic E-state index is 1.24. The van der Waals surface area contributed by atoms with E-state index in [0.717, 1.165) is 0 Å². The first-order valence-corrected chi connectivity index (χ1v) is 9.97. The summed E-state index contributed by atoms with van der Waals surface area (Å²) in [5.41, 5.74) is 10.1. The molecule has 0 spiro atoms. The third kappa shape index (κ3) is 3.30. The lowest BCUT2D eigenvalue weighted by atomic mass is 9.91. The topological polar surface area (TPSA) is 0 Å². The first-order valence-electron chi connectivity index (χ1n) is 9.97. The van der Waals surface area contributed by atoms with Crippen LogP contribution in [0.5, 0.6) is 0 Å². The number of rotatable bonds is 4. The van der Waals surface area contributed by atoms with Gasteiger partial charge >= 0.3 is 0 Å². The fraction of sp³-hybridized carbons (Fsp3) is 0. The molecule has 0 heterocycles. The fourth-order valence-electron chi connectivity index (χ4n) is 4.06. The minimum Gasteiger partial charge on any atom is -0.108 e. The first-order chi connectivity index (χ1) is 14.4. The second kappa shape index (κ2) is 7.69. The Labute approximate surface area is 172 Å². The second-order valence-corrected chi connectivity index (χ2v) is 7.19. The molecule has 29 heavy (non-hydrogen) atoms. The number of hydrogen-bond acceptors (Lipinski definition) is 0. The molecule has 0 atom stereocenters. The minimum absolute atomic E-state index is 1.24. The molecule has 0 aliphatic carbocycles. The maximum atomic E-state index is 2.36. The molecular weight excluding hydrogens is 348 g/mol. The summed E-state index contributed by atoms with van der Waals surface area (Å²) in [6.45, 7) is 0. The monoisotopic (exact) mass is 369 g/mol. The summed E-state index contributed by atoms with van der Waals surface area (Å²) in [5.74, 6) is 0. The van der Waals surface area contributed by atoms with Crippen molar-refractivity contribution in [2.45, 2.75) is 0 Å². The third-order valence-electron chi connectivity index (χ3n) is 5.37. The number of hydrogen-bond donors (Lipinski definition) is 0. The van der Waals surface area contributed by atoms with Crippen molar-refractivity contribution in [2.75, 3.05) is 0 Å². The Morgan fingerprint density at radius 3 is 1.41 bits per heavy atom. The van der Waals surface area contributed by atoms with Gasteiger partial charge in [0.15, 0.2) is 0 Å². The molecule has 5 rings (SSSR count). The molecule has 0 aliphatic rings. The van der Waals surface area contributed by atoms with E-state index in [1.807, 2.05) is 0 Å². The predicted molar refractivity (Wildman–Crippen MR) is 124 cm³/mol. The Morgan fingerprint density at radius 1 is 0.414 bits per heavy atom. The van der Waals surface area contributed by atoms with Crippen molar-refractivity contribution >= 4 is 0 Å². The molecule has 0 saturated carbocycles. The van der Waals surface area contributed by atoms with Crippen LogP contribution in [0.3, 0.4) is 0 Å². The van der Waals surface area contributed by atoms with Gasteiger partial charge in [-0.15, -0.1) is 23.8 Å². The van der Waals surface area contributed by atoms with E-state index in [9.17, 15) is 0 Å². The van der Waals surface area contributed by atoms with E-state index in [4.69, 9.17) is 0 Å². The van der Waals surface area contributed by atoms with Crippen molar-refractivity contribution in [1.82, 2.24) is 0 Å². The van der Waals surface area contributed by atoms with Gasteiger partial charge in [0.05, 0.1) is 0 Å². The largest absolute Gasteiger partial charge is 0.108 e. The molecule has 0 radical (unpaired) electrons. The van der Waals surface area contributed by atoms with Gasteiger partial charge in [-0.25, -0.2) is 0 Å². The Hall–Kier alpha value is -3.77. The summed E-state index contributed by atoms with van der Waals surface area (Å²) >= 11 is 0. The molecule has 0 saturated heterocycles. The van der Waals surface area contributed by atoms with Crippen molar-refractivity contribution < 1.29 is 0 Å². The SMILES string of the molecule is c1ccc(-c2c[c-](-c3ccccc3)c(-c3ccccc3)c2-c2ccccc2)cc1. The highest BCUT2D eigenvalue weighted by molar-refractivity contribution is 6.04. The van der Waals surface area contributed by atoms with Crippen molar-refractivity contribution in [2.24, 2.45) is 0 Å². The van der Waals surface area contributed by atoms with E-state index in [1.54, 1.807) is 0 Å². The predicted octanol–water partition coefficient (Wildman–Crippen LogP) is 8.07. The van der Waals surface area contributed by atoms with E-state index in [0.29, 0.717) is 0 Å². The van der Waals surface area contributed by atoms with E-state index >= 15 is 0 Å². The van der Waals surface area contributed by atoms with Gasteiger partial charge in [-0.1, -0.05) is 148 Å². The van der Waals surface area contributed by atoms with Crippen molar-refractivity contribution in [3.05, 3.63) is 127 Å². The lowest BCUT2D eigenvalue weighted by Crippen LogP contribution is -1.85. The van der Waals surface area contributed by atoms with Crippen LogP contribution in [0.25, 0.3) is 44.5 Å². The zero-order valence-corrected chi connectivity index (χ0v) is 16.1. The van der Waals surface area contributed by atoms with E-state index in [2.05, 4.69) is 127 Å². The van der Waals surface area contributed by atoms with Crippen molar-refractivity contribution in [3.63, 3.8) is 0 Å². The van der Waals surface area contributed by atoms with Crippen LogP contribution in [0, 0.1) is 0 Å². The van der Waals surface area contributed by atoms with Crippen molar-refractivity contribution in [1.29, 1.82) is 0 Å². The van der Waals surface area contributed by atoms with Gasteiger partial charge in [0, 0.05) is 0 Å².